The number of halogens is 1. The van der Waals surface area contributed by atoms with E-state index in [-0.39, 0.29) is 4.83 Å². The van der Waals surface area contributed by atoms with Crippen LogP contribution in [-0.4, -0.2) is 0 Å². The fourth-order valence-electron chi connectivity index (χ4n) is 2.64. The van der Waals surface area contributed by atoms with Gasteiger partial charge in [-0.15, -0.1) is 0 Å². The van der Waals surface area contributed by atoms with Crippen LogP contribution < -0.4 is 0 Å². The van der Waals surface area contributed by atoms with Gasteiger partial charge in [-0.2, -0.15) is 5.26 Å². The van der Waals surface area contributed by atoms with E-state index in [2.05, 4.69) is 52.3 Å². The summed E-state index contributed by atoms with van der Waals surface area (Å²) >= 11 is 3.78. The van der Waals surface area contributed by atoms with Crippen LogP contribution in [0, 0.1) is 11.3 Å². The van der Waals surface area contributed by atoms with Crippen LogP contribution in [0.4, 0.5) is 0 Å². The molecule has 0 fully saturated rings. The van der Waals surface area contributed by atoms with Crippen molar-refractivity contribution in [2.75, 3.05) is 0 Å². The zero-order chi connectivity index (χ0) is 13.2. The van der Waals surface area contributed by atoms with Gasteiger partial charge < -0.3 is 0 Å². The molecule has 1 atom stereocenters. The Labute approximate surface area is 121 Å². The number of nitriles is 1. The van der Waals surface area contributed by atoms with Gasteiger partial charge in [0.1, 0.15) is 0 Å². The van der Waals surface area contributed by atoms with Crippen LogP contribution in [0.1, 0.15) is 27.1 Å². The molecule has 0 spiro atoms. The fraction of sp³-hybridized carbons (Fsp3) is 0.118. The van der Waals surface area contributed by atoms with Gasteiger partial charge in [-0.1, -0.05) is 64.5 Å². The van der Waals surface area contributed by atoms with Gasteiger partial charge >= 0.3 is 0 Å². The van der Waals surface area contributed by atoms with Gasteiger partial charge in [-0.05, 0) is 34.2 Å². The largest absolute Gasteiger partial charge is 0.193 e. The number of allylic oxidation sites excluding steroid dienone is 1. The van der Waals surface area contributed by atoms with E-state index in [1.54, 1.807) is 6.08 Å². The molecule has 1 nitrogen and oxygen atoms in total. The van der Waals surface area contributed by atoms with Gasteiger partial charge in [-0.25, -0.2) is 0 Å². The van der Waals surface area contributed by atoms with Crippen molar-refractivity contribution >= 4 is 21.5 Å². The Morgan fingerprint density at radius 3 is 2.53 bits per heavy atom. The summed E-state index contributed by atoms with van der Waals surface area (Å²) in [7, 11) is 0. The molecule has 0 aromatic heterocycles. The van der Waals surface area contributed by atoms with Gasteiger partial charge in [0.2, 0.25) is 0 Å². The number of hydrogen-bond donors (Lipinski definition) is 0. The zero-order valence-corrected chi connectivity index (χ0v) is 11.9. The highest BCUT2D eigenvalue weighted by Gasteiger charge is 2.22. The normalized spacial score (nSPS) is 19.2. The summed E-state index contributed by atoms with van der Waals surface area (Å²) in [6.07, 6.45) is 2.60. The third-order valence-electron chi connectivity index (χ3n) is 3.50. The lowest BCUT2D eigenvalue weighted by atomic mass is 9.94. The third kappa shape index (κ3) is 2.11. The molecule has 1 aliphatic carbocycles. The number of rotatable bonds is 0. The van der Waals surface area contributed by atoms with E-state index in [0.29, 0.717) is 0 Å². The van der Waals surface area contributed by atoms with Crippen molar-refractivity contribution in [1.29, 1.82) is 5.26 Å². The van der Waals surface area contributed by atoms with Gasteiger partial charge in [-0.3, -0.25) is 0 Å². The highest BCUT2D eigenvalue weighted by atomic mass is 79.9. The second kappa shape index (κ2) is 5.03. The van der Waals surface area contributed by atoms with Crippen LogP contribution in [0.5, 0.6) is 0 Å². The molecule has 2 heteroatoms. The van der Waals surface area contributed by atoms with Gasteiger partial charge in [0.25, 0.3) is 0 Å². The average molecular weight is 310 g/mol. The van der Waals surface area contributed by atoms with Gasteiger partial charge in [0, 0.05) is 10.9 Å². The van der Waals surface area contributed by atoms with E-state index < -0.39 is 0 Å². The monoisotopic (exact) mass is 309 g/mol. The topological polar surface area (TPSA) is 23.8 Å². The maximum absolute atomic E-state index is 9.09. The van der Waals surface area contributed by atoms with Crippen LogP contribution in [0.3, 0.4) is 0 Å². The van der Waals surface area contributed by atoms with Crippen molar-refractivity contribution in [3.05, 3.63) is 76.9 Å². The minimum Gasteiger partial charge on any atom is -0.193 e. The SMILES string of the molecule is N#C/C=C1/c2ccccc2CC(Br)c2ccccc21. The molecule has 0 saturated heterocycles. The average Bonchev–Trinajstić information content (AvgIpc) is 2.56. The second-order valence-corrected chi connectivity index (χ2v) is 5.71. The van der Waals surface area contributed by atoms with Crippen LogP contribution in [0.25, 0.3) is 5.57 Å². The summed E-state index contributed by atoms with van der Waals surface area (Å²) in [5.41, 5.74) is 5.87. The van der Waals surface area contributed by atoms with Crippen LogP contribution in [0.2, 0.25) is 0 Å². The molecular formula is C17H12BrN. The Bertz CT molecular complexity index is 694. The summed E-state index contributed by atoms with van der Waals surface area (Å²) in [6.45, 7) is 0. The molecule has 0 bridgehead atoms. The highest BCUT2D eigenvalue weighted by Crippen LogP contribution is 2.40. The predicted molar refractivity (Wildman–Crippen MR) is 80.9 cm³/mol. The number of nitrogens with zero attached hydrogens (tertiary/aromatic N) is 1. The Morgan fingerprint density at radius 1 is 1.05 bits per heavy atom. The molecule has 0 amide bonds. The van der Waals surface area contributed by atoms with Crippen molar-refractivity contribution in [3.8, 4) is 6.07 Å². The Hall–Kier alpha value is -1.85. The maximum atomic E-state index is 9.09. The molecular weight excluding hydrogens is 298 g/mol. The molecule has 3 rings (SSSR count). The Morgan fingerprint density at radius 2 is 1.74 bits per heavy atom. The van der Waals surface area contributed by atoms with Crippen molar-refractivity contribution < 1.29 is 0 Å². The molecule has 0 saturated carbocycles. The quantitative estimate of drug-likeness (QED) is 0.514. The van der Waals surface area contributed by atoms with Crippen LogP contribution in [0.15, 0.2) is 54.6 Å². The van der Waals surface area contributed by atoms with Gasteiger partial charge in [0.15, 0.2) is 0 Å². The molecule has 0 radical (unpaired) electrons. The Kier molecular flexibility index (Phi) is 3.23. The van der Waals surface area contributed by atoms with E-state index in [4.69, 9.17) is 5.26 Å². The molecule has 1 aliphatic rings. The minimum atomic E-state index is 0.287. The first-order valence-electron chi connectivity index (χ1n) is 6.22. The minimum absolute atomic E-state index is 0.287. The van der Waals surface area contributed by atoms with E-state index >= 15 is 0 Å². The van der Waals surface area contributed by atoms with E-state index in [9.17, 15) is 0 Å². The second-order valence-electron chi connectivity index (χ2n) is 4.60. The summed E-state index contributed by atoms with van der Waals surface area (Å²) in [6, 6.07) is 18.8. The lowest BCUT2D eigenvalue weighted by molar-refractivity contribution is 0.954. The summed E-state index contributed by atoms with van der Waals surface area (Å²) in [5.74, 6) is 0. The number of fused-ring (bicyclic) bond motifs is 2. The molecule has 2 aromatic carbocycles. The standard InChI is InChI=1S/C17H12BrN/c18-17-11-12-5-1-2-6-13(12)15(9-10-19)14-7-3-4-8-16(14)17/h1-9,17H,11H2/b15-9-. The number of alkyl halides is 1. The molecule has 0 N–H and O–H groups in total. The zero-order valence-electron chi connectivity index (χ0n) is 10.3. The molecule has 92 valence electrons. The maximum Gasteiger partial charge on any atom is 0.0918 e. The lowest BCUT2D eigenvalue weighted by Gasteiger charge is -2.11. The summed E-state index contributed by atoms with van der Waals surface area (Å²) in [5, 5.41) is 9.09. The van der Waals surface area contributed by atoms with Crippen molar-refractivity contribution in [2.45, 2.75) is 11.2 Å². The molecule has 0 heterocycles. The van der Waals surface area contributed by atoms with E-state index in [1.807, 2.05) is 18.2 Å². The molecule has 1 unspecified atom stereocenters. The lowest BCUT2D eigenvalue weighted by Crippen LogP contribution is -1.94. The third-order valence-corrected chi connectivity index (χ3v) is 4.32. The smallest absolute Gasteiger partial charge is 0.0918 e. The van der Waals surface area contributed by atoms with Crippen LogP contribution >= 0.6 is 15.9 Å². The molecule has 19 heavy (non-hydrogen) atoms. The fourth-order valence-corrected chi connectivity index (χ4v) is 3.39. The number of benzene rings is 2. The number of hydrogen-bond acceptors (Lipinski definition) is 1. The first-order chi connectivity index (χ1) is 9.31. The first-order valence-corrected chi connectivity index (χ1v) is 7.14. The van der Waals surface area contributed by atoms with E-state index in [0.717, 1.165) is 17.6 Å². The van der Waals surface area contributed by atoms with Crippen LogP contribution in [-0.2, 0) is 6.42 Å². The van der Waals surface area contributed by atoms with Gasteiger partial charge in [0.05, 0.1) is 6.07 Å². The molecule has 2 aromatic rings. The predicted octanol–water partition coefficient (Wildman–Crippen LogP) is 4.63. The first kappa shape index (κ1) is 12.2. The summed E-state index contributed by atoms with van der Waals surface area (Å²) in [4.78, 5) is 0.287. The van der Waals surface area contributed by atoms with E-state index in [1.165, 1.54) is 16.7 Å². The molecule has 0 aliphatic heterocycles. The highest BCUT2D eigenvalue weighted by molar-refractivity contribution is 9.09. The van der Waals surface area contributed by atoms with Crippen molar-refractivity contribution in [1.82, 2.24) is 0 Å². The Balaban J connectivity index is 2.33. The van der Waals surface area contributed by atoms with Crippen molar-refractivity contribution in [2.24, 2.45) is 0 Å². The van der Waals surface area contributed by atoms with Crippen molar-refractivity contribution in [3.63, 3.8) is 0 Å². The summed E-state index contributed by atoms with van der Waals surface area (Å²) < 4.78 is 0.